The summed E-state index contributed by atoms with van der Waals surface area (Å²) in [6, 6.07) is 0. The van der Waals surface area contributed by atoms with E-state index in [-0.39, 0.29) is 5.54 Å². The highest BCUT2D eigenvalue weighted by atomic mass is 127. The third-order valence-corrected chi connectivity index (χ3v) is 4.46. The number of nitrogens with zero attached hydrogens (tertiary/aromatic N) is 2. The van der Waals surface area contributed by atoms with Gasteiger partial charge in [0, 0.05) is 12.7 Å². The molecule has 0 atom stereocenters. The molecular formula is C12H19IN4. The molecular weight excluding hydrogens is 327 g/mol. The summed E-state index contributed by atoms with van der Waals surface area (Å²) in [6.07, 6.45) is 8.15. The molecule has 17 heavy (non-hydrogen) atoms. The number of aromatic nitrogens is 2. The molecule has 1 aliphatic carbocycles. The van der Waals surface area contributed by atoms with Gasteiger partial charge in [0.2, 0.25) is 0 Å². The van der Waals surface area contributed by atoms with Gasteiger partial charge in [0.25, 0.3) is 0 Å². The zero-order valence-corrected chi connectivity index (χ0v) is 12.3. The largest absolute Gasteiger partial charge is 0.362 e. The smallest absolute Gasteiger partial charge is 0.143 e. The van der Waals surface area contributed by atoms with Crippen LogP contribution in [-0.2, 0) is 0 Å². The van der Waals surface area contributed by atoms with E-state index < -0.39 is 0 Å². The molecule has 0 bridgehead atoms. The van der Waals surface area contributed by atoms with Crippen LogP contribution in [0.4, 0.5) is 5.82 Å². The van der Waals surface area contributed by atoms with Crippen LogP contribution in [0.3, 0.4) is 0 Å². The van der Waals surface area contributed by atoms with Crippen LogP contribution in [0.25, 0.3) is 0 Å². The van der Waals surface area contributed by atoms with Crippen LogP contribution in [0.5, 0.6) is 0 Å². The Morgan fingerprint density at radius 2 is 2.24 bits per heavy atom. The van der Waals surface area contributed by atoms with Crippen LogP contribution < -0.4 is 11.1 Å². The van der Waals surface area contributed by atoms with E-state index in [0.29, 0.717) is 6.54 Å². The first-order valence-electron chi connectivity index (χ1n) is 6.09. The Hall–Kier alpha value is -0.430. The molecule has 1 aromatic rings. The van der Waals surface area contributed by atoms with Gasteiger partial charge in [-0.25, -0.2) is 9.97 Å². The summed E-state index contributed by atoms with van der Waals surface area (Å²) in [7, 11) is 0. The minimum atomic E-state index is 0.0286. The maximum Gasteiger partial charge on any atom is 0.143 e. The van der Waals surface area contributed by atoms with Crippen molar-refractivity contribution in [2.24, 2.45) is 11.7 Å². The molecule has 1 fully saturated rings. The van der Waals surface area contributed by atoms with Gasteiger partial charge in [0.15, 0.2) is 0 Å². The molecule has 3 N–H and O–H groups in total. The van der Waals surface area contributed by atoms with Gasteiger partial charge in [-0.05, 0) is 54.2 Å². The molecule has 1 heterocycles. The Morgan fingerprint density at radius 3 is 2.82 bits per heavy atom. The first-order chi connectivity index (χ1) is 8.15. The summed E-state index contributed by atoms with van der Waals surface area (Å²) in [4.78, 5) is 8.31. The summed E-state index contributed by atoms with van der Waals surface area (Å²) < 4.78 is 1.05. The lowest BCUT2D eigenvalue weighted by Crippen LogP contribution is -2.48. The summed E-state index contributed by atoms with van der Waals surface area (Å²) >= 11 is 2.26. The SMILES string of the molecule is CC1CCC(CN)(Nc2ncncc2I)CC1. The van der Waals surface area contributed by atoms with Gasteiger partial charge in [-0.1, -0.05) is 6.92 Å². The number of nitrogens with two attached hydrogens (primary N) is 1. The zero-order chi connectivity index (χ0) is 12.3. The Morgan fingerprint density at radius 1 is 1.53 bits per heavy atom. The van der Waals surface area contributed by atoms with Crippen molar-refractivity contribution in [3.63, 3.8) is 0 Å². The molecule has 4 nitrogen and oxygen atoms in total. The molecule has 0 saturated heterocycles. The standard InChI is InChI=1S/C12H19IN4/c1-9-2-4-12(7-14,5-3-9)17-11-10(13)6-15-8-16-11/h6,8-9H,2-5,7,14H2,1H3,(H,15,16,17). The lowest BCUT2D eigenvalue weighted by Gasteiger charge is -2.39. The van der Waals surface area contributed by atoms with Crippen LogP contribution in [0.2, 0.25) is 0 Å². The average Bonchev–Trinajstić information content (AvgIpc) is 2.35. The quantitative estimate of drug-likeness (QED) is 0.825. The zero-order valence-electron chi connectivity index (χ0n) is 10.1. The number of rotatable bonds is 3. The molecule has 0 spiro atoms. The third kappa shape index (κ3) is 3.07. The van der Waals surface area contributed by atoms with E-state index in [1.165, 1.54) is 12.8 Å². The molecule has 1 aromatic heterocycles. The third-order valence-electron chi connectivity index (χ3n) is 3.67. The van der Waals surface area contributed by atoms with Gasteiger partial charge in [-0.3, -0.25) is 0 Å². The second-order valence-corrected chi connectivity index (χ2v) is 6.17. The van der Waals surface area contributed by atoms with Crippen molar-refractivity contribution in [2.75, 3.05) is 11.9 Å². The van der Waals surface area contributed by atoms with Crippen LogP contribution in [0.15, 0.2) is 12.5 Å². The lowest BCUT2D eigenvalue weighted by molar-refractivity contribution is 0.271. The molecule has 0 unspecified atom stereocenters. The summed E-state index contributed by atoms with van der Waals surface area (Å²) in [5, 5.41) is 3.55. The first-order valence-corrected chi connectivity index (χ1v) is 7.17. The van der Waals surface area contributed by atoms with Crippen LogP contribution in [0, 0.1) is 9.49 Å². The molecule has 5 heteroatoms. The first kappa shape index (κ1) is 13.0. The Bertz CT molecular complexity index is 375. The van der Waals surface area contributed by atoms with Crippen molar-refractivity contribution in [2.45, 2.75) is 38.1 Å². The van der Waals surface area contributed by atoms with E-state index in [4.69, 9.17) is 5.73 Å². The van der Waals surface area contributed by atoms with E-state index in [9.17, 15) is 0 Å². The fourth-order valence-electron chi connectivity index (χ4n) is 2.35. The summed E-state index contributed by atoms with van der Waals surface area (Å²) in [6.45, 7) is 2.98. The van der Waals surface area contributed by atoms with E-state index >= 15 is 0 Å². The van der Waals surface area contributed by atoms with Crippen LogP contribution in [-0.4, -0.2) is 22.1 Å². The highest BCUT2D eigenvalue weighted by molar-refractivity contribution is 14.1. The van der Waals surface area contributed by atoms with Crippen molar-refractivity contribution >= 4 is 28.4 Å². The number of halogens is 1. The van der Waals surface area contributed by atoms with Crippen molar-refractivity contribution < 1.29 is 0 Å². The molecule has 0 aliphatic heterocycles. The Kier molecular flexibility index (Phi) is 4.19. The maximum atomic E-state index is 5.97. The average molecular weight is 346 g/mol. The minimum absolute atomic E-state index is 0.0286. The van der Waals surface area contributed by atoms with E-state index in [1.54, 1.807) is 6.33 Å². The van der Waals surface area contributed by atoms with E-state index in [0.717, 1.165) is 28.1 Å². The predicted molar refractivity (Wildman–Crippen MR) is 77.8 cm³/mol. The van der Waals surface area contributed by atoms with Crippen molar-refractivity contribution in [3.05, 3.63) is 16.1 Å². The Balaban J connectivity index is 2.12. The fraction of sp³-hybridized carbons (Fsp3) is 0.667. The van der Waals surface area contributed by atoms with Gasteiger partial charge >= 0.3 is 0 Å². The molecule has 0 amide bonds. The monoisotopic (exact) mass is 346 g/mol. The molecule has 1 aliphatic rings. The van der Waals surface area contributed by atoms with Crippen molar-refractivity contribution in [3.8, 4) is 0 Å². The molecule has 0 radical (unpaired) electrons. The topological polar surface area (TPSA) is 63.8 Å². The predicted octanol–water partition coefficient (Wildman–Crippen LogP) is 2.40. The summed E-state index contributed by atoms with van der Waals surface area (Å²) in [5.41, 5.74) is 6.00. The second kappa shape index (κ2) is 5.48. The van der Waals surface area contributed by atoms with Gasteiger partial charge in [-0.2, -0.15) is 0 Å². The van der Waals surface area contributed by atoms with Crippen LogP contribution >= 0.6 is 22.6 Å². The molecule has 0 aromatic carbocycles. The van der Waals surface area contributed by atoms with Gasteiger partial charge < -0.3 is 11.1 Å². The molecule has 1 saturated carbocycles. The second-order valence-electron chi connectivity index (χ2n) is 5.01. The van der Waals surface area contributed by atoms with Gasteiger partial charge in [0.1, 0.15) is 12.1 Å². The number of hydrogen-bond acceptors (Lipinski definition) is 4. The summed E-state index contributed by atoms with van der Waals surface area (Å²) in [5.74, 6) is 1.74. The number of hydrogen-bond donors (Lipinski definition) is 2. The fourth-order valence-corrected chi connectivity index (χ4v) is 2.79. The van der Waals surface area contributed by atoms with Crippen LogP contribution in [0.1, 0.15) is 32.6 Å². The maximum absolute atomic E-state index is 5.97. The highest BCUT2D eigenvalue weighted by Gasteiger charge is 2.33. The molecule has 2 rings (SSSR count). The van der Waals surface area contributed by atoms with Crippen molar-refractivity contribution in [1.29, 1.82) is 0 Å². The van der Waals surface area contributed by atoms with Crippen molar-refractivity contribution in [1.82, 2.24) is 9.97 Å². The number of nitrogens with one attached hydrogen (secondary N) is 1. The molecule has 94 valence electrons. The number of anilines is 1. The van der Waals surface area contributed by atoms with E-state index in [1.807, 2.05) is 6.20 Å². The normalized spacial score (nSPS) is 29.0. The minimum Gasteiger partial charge on any atom is -0.362 e. The van der Waals surface area contributed by atoms with Gasteiger partial charge in [-0.15, -0.1) is 0 Å². The lowest BCUT2D eigenvalue weighted by atomic mass is 9.77. The van der Waals surface area contributed by atoms with Gasteiger partial charge in [0.05, 0.1) is 9.11 Å². The Labute approximate surface area is 116 Å². The van der Waals surface area contributed by atoms with E-state index in [2.05, 4.69) is 44.8 Å². The highest BCUT2D eigenvalue weighted by Crippen LogP contribution is 2.34.